The number of nitrogens with zero attached hydrogens (tertiary/aromatic N) is 3. The van der Waals surface area contributed by atoms with E-state index in [1.807, 2.05) is 18.2 Å². The SMILES string of the molecule is N#Cc1ccc(CNc2ncc([N+](=O)[O-])cc2Br)cc1. The molecule has 0 aliphatic carbocycles. The Morgan fingerprint density at radius 1 is 1.40 bits per heavy atom. The number of pyridine rings is 1. The number of rotatable bonds is 4. The Kier molecular flexibility index (Phi) is 4.27. The van der Waals surface area contributed by atoms with E-state index in [-0.39, 0.29) is 5.69 Å². The molecule has 1 N–H and O–H groups in total. The van der Waals surface area contributed by atoms with Crippen LogP contribution in [0, 0.1) is 21.4 Å². The molecule has 1 aromatic carbocycles. The van der Waals surface area contributed by atoms with E-state index in [1.165, 1.54) is 12.3 Å². The van der Waals surface area contributed by atoms with Gasteiger partial charge in [-0.3, -0.25) is 10.1 Å². The molecule has 6 nitrogen and oxygen atoms in total. The zero-order valence-electron chi connectivity index (χ0n) is 10.2. The van der Waals surface area contributed by atoms with Gasteiger partial charge in [-0.2, -0.15) is 5.26 Å². The van der Waals surface area contributed by atoms with E-state index in [1.54, 1.807) is 12.1 Å². The molecule has 1 heterocycles. The summed E-state index contributed by atoms with van der Waals surface area (Å²) in [5.41, 5.74) is 1.51. The average Bonchev–Trinajstić information content (AvgIpc) is 2.46. The number of hydrogen-bond donors (Lipinski definition) is 1. The lowest BCUT2D eigenvalue weighted by molar-refractivity contribution is -0.385. The Bertz CT molecular complexity index is 680. The van der Waals surface area contributed by atoms with Crippen LogP contribution in [0.3, 0.4) is 0 Å². The number of nitro groups is 1. The van der Waals surface area contributed by atoms with Crippen molar-refractivity contribution < 1.29 is 4.92 Å². The summed E-state index contributed by atoms with van der Waals surface area (Å²) in [5, 5.41) is 22.4. The molecule has 0 unspecified atom stereocenters. The summed E-state index contributed by atoms with van der Waals surface area (Å²) in [7, 11) is 0. The summed E-state index contributed by atoms with van der Waals surface area (Å²) in [4.78, 5) is 14.1. The molecule has 0 aliphatic heterocycles. The van der Waals surface area contributed by atoms with Gasteiger partial charge in [0.15, 0.2) is 0 Å². The van der Waals surface area contributed by atoms with Crippen molar-refractivity contribution >= 4 is 27.4 Å². The van der Waals surface area contributed by atoms with Crippen molar-refractivity contribution in [2.45, 2.75) is 6.54 Å². The predicted octanol–water partition coefficient (Wildman–Crippen LogP) is 3.24. The molecule has 2 aromatic rings. The van der Waals surface area contributed by atoms with Crippen LogP contribution in [0.4, 0.5) is 11.5 Å². The van der Waals surface area contributed by atoms with Crippen LogP contribution in [0.25, 0.3) is 0 Å². The maximum Gasteiger partial charge on any atom is 0.288 e. The molecule has 100 valence electrons. The summed E-state index contributed by atoms with van der Waals surface area (Å²) in [6.07, 6.45) is 1.20. The van der Waals surface area contributed by atoms with E-state index in [9.17, 15) is 10.1 Å². The minimum atomic E-state index is -0.498. The normalized spacial score (nSPS) is 9.80. The molecule has 0 fully saturated rings. The van der Waals surface area contributed by atoms with Crippen LogP contribution in [-0.4, -0.2) is 9.91 Å². The molecule has 0 bridgehead atoms. The van der Waals surface area contributed by atoms with Gasteiger partial charge in [0, 0.05) is 12.6 Å². The number of aromatic nitrogens is 1. The summed E-state index contributed by atoms with van der Waals surface area (Å²) in [6.45, 7) is 0.509. The lowest BCUT2D eigenvalue weighted by Gasteiger charge is -2.07. The highest BCUT2D eigenvalue weighted by Crippen LogP contribution is 2.24. The van der Waals surface area contributed by atoms with Gasteiger partial charge in [0.2, 0.25) is 0 Å². The van der Waals surface area contributed by atoms with Crippen molar-refractivity contribution in [3.05, 3.63) is 62.2 Å². The van der Waals surface area contributed by atoms with Gasteiger partial charge in [-0.15, -0.1) is 0 Å². The lowest BCUT2D eigenvalue weighted by atomic mass is 10.1. The fourth-order valence-corrected chi connectivity index (χ4v) is 2.02. The third-order valence-corrected chi connectivity index (χ3v) is 3.19. The van der Waals surface area contributed by atoms with E-state index in [4.69, 9.17) is 5.26 Å². The van der Waals surface area contributed by atoms with Crippen molar-refractivity contribution in [3.63, 3.8) is 0 Å². The highest BCUT2D eigenvalue weighted by molar-refractivity contribution is 9.10. The van der Waals surface area contributed by atoms with Gasteiger partial charge in [-0.05, 0) is 33.6 Å². The standard InChI is InChI=1S/C13H9BrN4O2/c14-12-5-11(18(19)20)8-17-13(12)16-7-10-3-1-9(6-15)2-4-10/h1-5,8H,7H2,(H,16,17). The molecular formula is C13H9BrN4O2. The Labute approximate surface area is 123 Å². The van der Waals surface area contributed by atoms with Crippen LogP contribution in [0.15, 0.2) is 41.0 Å². The minimum Gasteiger partial charge on any atom is -0.365 e. The third kappa shape index (κ3) is 3.30. The van der Waals surface area contributed by atoms with Crippen molar-refractivity contribution in [1.29, 1.82) is 5.26 Å². The number of halogens is 1. The molecule has 1 aromatic heterocycles. The number of nitriles is 1. The van der Waals surface area contributed by atoms with Crippen molar-refractivity contribution in [3.8, 4) is 6.07 Å². The molecule has 0 spiro atoms. The fourth-order valence-electron chi connectivity index (χ4n) is 1.54. The Morgan fingerprint density at radius 2 is 2.10 bits per heavy atom. The Hall–Kier alpha value is -2.46. The smallest absolute Gasteiger partial charge is 0.288 e. The first kappa shape index (κ1) is 14.0. The van der Waals surface area contributed by atoms with E-state index in [0.717, 1.165) is 5.56 Å². The zero-order valence-corrected chi connectivity index (χ0v) is 11.8. The highest BCUT2D eigenvalue weighted by Gasteiger charge is 2.10. The lowest BCUT2D eigenvalue weighted by Crippen LogP contribution is -2.02. The number of nitrogens with one attached hydrogen (secondary N) is 1. The monoisotopic (exact) mass is 332 g/mol. The summed E-state index contributed by atoms with van der Waals surface area (Å²) < 4.78 is 0.528. The summed E-state index contributed by atoms with van der Waals surface area (Å²) >= 11 is 3.24. The first-order valence-electron chi connectivity index (χ1n) is 5.63. The van der Waals surface area contributed by atoms with Crippen LogP contribution < -0.4 is 5.32 Å². The van der Waals surface area contributed by atoms with Crippen LogP contribution in [0.1, 0.15) is 11.1 Å². The van der Waals surface area contributed by atoms with Crippen LogP contribution in [0.5, 0.6) is 0 Å². The van der Waals surface area contributed by atoms with Gasteiger partial charge in [0.05, 0.1) is 21.0 Å². The van der Waals surface area contributed by atoms with Crippen molar-refractivity contribution in [1.82, 2.24) is 4.98 Å². The first-order chi connectivity index (χ1) is 9.60. The highest BCUT2D eigenvalue weighted by atomic mass is 79.9. The predicted molar refractivity (Wildman–Crippen MR) is 77.1 cm³/mol. The Morgan fingerprint density at radius 3 is 2.65 bits per heavy atom. The average molecular weight is 333 g/mol. The number of benzene rings is 1. The van der Waals surface area contributed by atoms with Crippen molar-refractivity contribution in [2.75, 3.05) is 5.32 Å². The zero-order chi connectivity index (χ0) is 14.5. The van der Waals surface area contributed by atoms with Crippen LogP contribution in [0.2, 0.25) is 0 Å². The molecule has 0 saturated carbocycles. The summed E-state index contributed by atoms with van der Waals surface area (Å²) in [6, 6.07) is 10.6. The largest absolute Gasteiger partial charge is 0.365 e. The van der Waals surface area contributed by atoms with Gasteiger partial charge in [-0.1, -0.05) is 12.1 Å². The maximum absolute atomic E-state index is 10.6. The second-order valence-corrected chi connectivity index (χ2v) is 4.80. The van der Waals surface area contributed by atoms with Crippen LogP contribution >= 0.6 is 15.9 Å². The minimum absolute atomic E-state index is 0.0687. The van der Waals surface area contributed by atoms with Crippen LogP contribution in [-0.2, 0) is 6.54 Å². The van der Waals surface area contributed by atoms with E-state index < -0.39 is 4.92 Å². The van der Waals surface area contributed by atoms with E-state index in [2.05, 4.69) is 26.2 Å². The van der Waals surface area contributed by atoms with Crippen molar-refractivity contribution in [2.24, 2.45) is 0 Å². The van der Waals surface area contributed by atoms with E-state index in [0.29, 0.717) is 22.4 Å². The third-order valence-electron chi connectivity index (χ3n) is 2.58. The molecule has 20 heavy (non-hydrogen) atoms. The fraction of sp³-hybridized carbons (Fsp3) is 0.0769. The molecule has 7 heteroatoms. The topological polar surface area (TPSA) is 91.8 Å². The summed E-state index contributed by atoms with van der Waals surface area (Å²) in [5.74, 6) is 0.528. The number of hydrogen-bond acceptors (Lipinski definition) is 5. The molecule has 0 radical (unpaired) electrons. The molecule has 0 atom stereocenters. The first-order valence-corrected chi connectivity index (χ1v) is 6.42. The number of anilines is 1. The molecule has 0 saturated heterocycles. The molecular weight excluding hydrogens is 324 g/mol. The van der Waals surface area contributed by atoms with E-state index >= 15 is 0 Å². The molecule has 2 rings (SSSR count). The molecule has 0 aliphatic rings. The van der Waals surface area contributed by atoms with Gasteiger partial charge >= 0.3 is 0 Å². The van der Waals surface area contributed by atoms with Gasteiger partial charge in [-0.25, -0.2) is 4.98 Å². The second kappa shape index (κ2) is 6.12. The van der Waals surface area contributed by atoms with Gasteiger partial charge < -0.3 is 5.32 Å². The quantitative estimate of drug-likeness (QED) is 0.685. The second-order valence-electron chi connectivity index (χ2n) is 3.94. The van der Waals surface area contributed by atoms with Gasteiger partial charge in [0.25, 0.3) is 5.69 Å². The molecule has 0 amide bonds. The maximum atomic E-state index is 10.6. The van der Waals surface area contributed by atoms with Gasteiger partial charge in [0.1, 0.15) is 12.0 Å². The Balaban J connectivity index is 2.07.